The third kappa shape index (κ3) is 3.24. The van der Waals surface area contributed by atoms with E-state index >= 15 is 0 Å². The van der Waals surface area contributed by atoms with Crippen molar-refractivity contribution in [3.05, 3.63) is 29.8 Å². The first-order valence-electron chi connectivity index (χ1n) is 5.60. The maximum absolute atomic E-state index is 10.6. The van der Waals surface area contributed by atoms with Gasteiger partial charge in [0.25, 0.3) is 0 Å². The van der Waals surface area contributed by atoms with E-state index in [2.05, 4.69) is 0 Å². The average Bonchev–Trinajstić information content (AvgIpc) is 2.53. The van der Waals surface area contributed by atoms with Gasteiger partial charge in [-0.1, -0.05) is 18.2 Å². The van der Waals surface area contributed by atoms with Crippen molar-refractivity contribution in [2.75, 3.05) is 13.2 Å². The molecule has 1 aliphatic rings. The Balaban J connectivity index is 2.12. The van der Waals surface area contributed by atoms with Crippen LogP contribution in [0.4, 0.5) is 0 Å². The van der Waals surface area contributed by atoms with Crippen LogP contribution in [-0.2, 0) is 4.79 Å². The van der Waals surface area contributed by atoms with Crippen molar-refractivity contribution >= 4 is 12.0 Å². The molecule has 1 amide bonds. The van der Waals surface area contributed by atoms with E-state index in [1.165, 1.54) is 0 Å². The third-order valence-electron chi connectivity index (χ3n) is 2.40. The number of amides is 1. The first-order chi connectivity index (χ1) is 8.25. The summed E-state index contributed by atoms with van der Waals surface area (Å²) < 4.78 is 11.1. The van der Waals surface area contributed by atoms with Crippen molar-refractivity contribution in [3.63, 3.8) is 0 Å². The van der Waals surface area contributed by atoms with Crippen LogP contribution in [-0.4, -0.2) is 19.1 Å². The molecular weight excluding hydrogens is 218 g/mol. The molecule has 1 heterocycles. The fourth-order valence-electron chi connectivity index (χ4n) is 1.59. The quantitative estimate of drug-likeness (QED) is 0.864. The van der Waals surface area contributed by atoms with Gasteiger partial charge in [-0.3, -0.25) is 4.79 Å². The van der Waals surface area contributed by atoms with Gasteiger partial charge >= 0.3 is 0 Å². The second-order valence-electron chi connectivity index (χ2n) is 3.83. The summed E-state index contributed by atoms with van der Waals surface area (Å²) in [6.45, 7) is 1.35. The molecule has 0 unspecified atom stereocenters. The van der Waals surface area contributed by atoms with Crippen LogP contribution < -0.4 is 15.2 Å². The fraction of sp³-hybridized carbons (Fsp3) is 0.308. The number of carbonyl (C=O) groups is 1. The summed E-state index contributed by atoms with van der Waals surface area (Å²) in [6, 6.07) is 5.70. The highest BCUT2D eigenvalue weighted by Gasteiger charge is 2.09. The second-order valence-corrected chi connectivity index (χ2v) is 3.83. The fourth-order valence-corrected chi connectivity index (χ4v) is 1.59. The van der Waals surface area contributed by atoms with Crippen LogP contribution in [0.3, 0.4) is 0 Å². The Hall–Kier alpha value is -1.97. The summed E-state index contributed by atoms with van der Waals surface area (Å²) in [5, 5.41) is 0. The molecule has 0 spiro atoms. The molecule has 0 aliphatic carbocycles. The minimum absolute atomic E-state index is 0.244. The van der Waals surface area contributed by atoms with Gasteiger partial charge in [0.05, 0.1) is 13.2 Å². The van der Waals surface area contributed by atoms with Crippen LogP contribution in [0.1, 0.15) is 18.4 Å². The smallest absolute Gasteiger partial charge is 0.221 e. The molecule has 2 N–H and O–H groups in total. The predicted molar refractivity (Wildman–Crippen MR) is 64.9 cm³/mol. The minimum atomic E-state index is -0.337. The second kappa shape index (κ2) is 5.39. The van der Waals surface area contributed by atoms with Gasteiger partial charge in [-0.05, 0) is 17.7 Å². The standard InChI is InChI=1S/C13H15NO3/c14-13(15)4-1-3-10-5-6-11-12(9-10)17-8-2-7-16-11/h1,3,5-6,9H,2,4,7-8H2,(H2,14,15). The maximum atomic E-state index is 10.6. The molecule has 2 rings (SSSR count). The monoisotopic (exact) mass is 233 g/mol. The molecule has 1 aromatic carbocycles. The van der Waals surface area contributed by atoms with Gasteiger partial charge in [0.1, 0.15) is 0 Å². The minimum Gasteiger partial charge on any atom is -0.490 e. The SMILES string of the molecule is NC(=O)CC=Cc1ccc2c(c1)OCCCO2. The van der Waals surface area contributed by atoms with E-state index in [9.17, 15) is 4.79 Å². The Bertz CT molecular complexity index is 440. The van der Waals surface area contributed by atoms with Crippen LogP contribution in [0, 0.1) is 0 Å². The Labute approximate surface area is 100 Å². The molecule has 0 aromatic heterocycles. The van der Waals surface area contributed by atoms with Crippen LogP contribution in [0.25, 0.3) is 6.08 Å². The van der Waals surface area contributed by atoms with E-state index in [0.29, 0.717) is 13.2 Å². The highest BCUT2D eigenvalue weighted by atomic mass is 16.5. The zero-order valence-corrected chi connectivity index (χ0v) is 9.52. The van der Waals surface area contributed by atoms with Crippen molar-refractivity contribution in [2.45, 2.75) is 12.8 Å². The zero-order valence-electron chi connectivity index (χ0n) is 9.52. The summed E-state index contributed by atoms with van der Waals surface area (Å²) in [6.07, 6.45) is 4.72. The van der Waals surface area contributed by atoms with Crippen molar-refractivity contribution in [3.8, 4) is 11.5 Å². The summed E-state index contributed by atoms with van der Waals surface area (Å²) in [4.78, 5) is 10.6. The van der Waals surface area contributed by atoms with Crippen LogP contribution in [0.15, 0.2) is 24.3 Å². The van der Waals surface area contributed by atoms with Crippen molar-refractivity contribution in [2.24, 2.45) is 5.73 Å². The number of ether oxygens (including phenoxy) is 2. The lowest BCUT2D eigenvalue weighted by Crippen LogP contribution is -2.07. The lowest BCUT2D eigenvalue weighted by molar-refractivity contribution is -0.117. The van der Waals surface area contributed by atoms with Crippen molar-refractivity contribution in [1.82, 2.24) is 0 Å². The summed E-state index contributed by atoms with van der Waals surface area (Å²) in [5.41, 5.74) is 6.02. The van der Waals surface area contributed by atoms with Crippen LogP contribution in [0.5, 0.6) is 11.5 Å². The number of carbonyl (C=O) groups excluding carboxylic acids is 1. The van der Waals surface area contributed by atoms with Gasteiger partial charge in [0.2, 0.25) is 5.91 Å². The molecule has 90 valence electrons. The van der Waals surface area contributed by atoms with Crippen LogP contribution in [0.2, 0.25) is 0 Å². The number of primary amides is 1. The Morgan fingerprint density at radius 3 is 2.82 bits per heavy atom. The number of hydrogen-bond acceptors (Lipinski definition) is 3. The van der Waals surface area contributed by atoms with Crippen molar-refractivity contribution in [1.29, 1.82) is 0 Å². The van der Waals surface area contributed by atoms with E-state index in [-0.39, 0.29) is 12.3 Å². The van der Waals surface area contributed by atoms with Crippen LogP contribution >= 0.6 is 0 Å². The van der Waals surface area contributed by atoms with E-state index in [4.69, 9.17) is 15.2 Å². The van der Waals surface area contributed by atoms with E-state index < -0.39 is 0 Å². The van der Waals surface area contributed by atoms with Gasteiger partial charge in [-0.15, -0.1) is 0 Å². The third-order valence-corrected chi connectivity index (χ3v) is 2.40. The molecular formula is C13H15NO3. The number of benzene rings is 1. The number of hydrogen-bond donors (Lipinski definition) is 1. The van der Waals surface area contributed by atoms with Gasteiger partial charge in [-0.25, -0.2) is 0 Å². The maximum Gasteiger partial charge on any atom is 0.221 e. The molecule has 1 aliphatic heterocycles. The summed E-state index contributed by atoms with van der Waals surface area (Å²) in [7, 11) is 0. The number of rotatable bonds is 3. The average molecular weight is 233 g/mol. The van der Waals surface area contributed by atoms with E-state index in [1.54, 1.807) is 6.08 Å². The van der Waals surface area contributed by atoms with Crippen molar-refractivity contribution < 1.29 is 14.3 Å². The molecule has 4 heteroatoms. The normalized spacial score (nSPS) is 14.6. The largest absolute Gasteiger partial charge is 0.490 e. The molecule has 0 fully saturated rings. The zero-order chi connectivity index (χ0) is 12.1. The van der Waals surface area contributed by atoms with E-state index in [1.807, 2.05) is 24.3 Å². The lowest BCUT2D eigenvalue weighted by atomic mass is 10.1. The van der Waals surface area contributed by atoms with Gasteiger partial charge in [-0.2, -0.15) is 0 Å². The molecule has 1 aromatic rings. The molecule has 0 radical (unpaired) electrons. The van der Waals surface area contributed by atoms with Gasteiger partial charge in [0.15, 0.2) is 11.5 Å². The molecule has 0 atom stereocenters. The molecule has 17 heavy (non-hydrogen) atoms. The first kappa shape index (κ1) is 11.5. The predicted octanol–water partition coefficient (Wildman–Crippen LogP) is 1.74. The van der Waals surface area contributed by atoms with Gasteiger partial charge < -0.3 is 15.2 Å². The molecule has 0 bridgehead atoms. The highest BCUT2D eigenvalue weighted by Crippen LogP contribution is 2.30. The Kier molecular flexibility index (Phi) is 3.65. The van der Waals surface area contributed by atoms with E-state index in [0.717, 1.165) is 23.5 Å². The molecule has 0 saturated heterocycles. The molecule has 0 saturated carbocycles. The lowest BCUT2D eigenvalue weighted by Gasteiger charge is -2.07. The van der Waals surface area contributed by atoms with Gasteiger partial charge in [0, 0.05) is 12.8 Å². The molecule has 4 nitrogen and oxygen atoms in total. The summed E-state index contributed by atoms with van der Waals surface area (Å²) in [5.74, 6) is 1.19. The highest BCUT2D eigenvalue weighted by molar-refractivity contribution is 5.76. The number of fused-ring (bicyclic) bond motifs is 1. The Morgan fingerprint density at radius 1 is 1.29 bits per heavy atom. The topological polar surface area (TPSA) is 61.6 Å². The Morgan fingerprint density at radius 2 is 2.06 bits per heavy atom. The summed E-state index contributed by atoms with van der Waals surface area (Å²) >= 11 is 0. The number of nitrogens with two attached hydrogens (primary N) is 1. The first-order valence-corrected chi connectivity index (χ1v) is 5.60.